The molecule has 0 bridgehead atoms. The first-order valence-corrected chi connectivity index (χ1v) is 14.6. The molecule has 1 N–H and O–H groups in total. The van der Waals surface area contributed by atoms with Crippen LogP contribution in [0.4, 0.5) is 15.8 Å². The molecule has 4 aromatic rings. The molecule has 0 unspecified atom stereocenters. The predicted molar refractivity (Wildman–Crippen MR) is 155 cm³/mol. The van der Waals surface area contributed by atoms with Crippen molar-refractivity contribution in [2.45, 2.75) is 23.8 Å². The summed E-state index contributed by atoms with van der Waals surface area (Å²) in [6, 6.07) is 11.2. The van der Waals surface area contributed by atoms with Crippen molar-refractivity contribution in [3.63, 3.8) is 0 Å². The number of halogens is 1. The molecule has 2 fully saturated rings. The van der Waals surface area contributed by atoms with E-state index in [1.165, 1.54) is 52.3 Å². The third-order valence-electron chi connectivity index (χ3n) is 7.44. The Labute approximate surface area is 234 Å². The number of ether oxygens (including phenoxy) is 1. The van der Waals surface area contributed by atoms with E-state index < -0.39 is 32.6 Å². The van der Waals surface area contributed by atoms with E-state index in [0.29, 0.717) is 18.3 Å². The first-order valence-electron chi connectivity index (χ1n) is 13.2. The van der Waals surface area contributed by atoms with Gasteiger partial charge in [0.1, 0.15) is 24.7 Å². The van der Waals surface area contributed by atoms with Gasteiger partial charge >= 0.3 is 5.69 Å². The lowest BCUT2D eigenvalue weighted by molar-refractivity contribution is 0.0730. The normalized spacial score (nSPS) is 16.2. The molecule has 0 atom stereocenters. The lowest BCUT2D eigenvalue weighted by Gasteiger charge is -2.26. The second kappa shape index (κ2) is 10.1. The second-order valence-corrected chi connectivity index (χ2v) is 12.2. The Morgan fingerprint density at radius 1 is 1.00 bits per heavy atom. The van der Waals surface area contributed by atoms with E-state index in [4.69, 9.17) is 4.74 Å². The number of hydrogen-bond donors (Lipinski definition) is 1. The lowest BCUT2D eigenvalue weighted by atomic mass is 9.96. The highest BCUT2D eigenvalue weighted by Crippen LogP contribution is 2.34. The van der Waals surface area contributed by atoms with Gasteiger partial charge in [-0.1, -0.05) is 17.6 Å². The van der Waals surface area contributed by atoms with Crippen LogP contribution in [-0.2, 0) is 21.8 Å². The third kappa shape index (κ3) is 4.71. The number of nitrogens with one attached hydrogen (secondary N) is 1. The zero-order valence-corrected chi connectivity index (χ0v) is 23.3. The average molecular weight is 579 g/mol. The number of anilines is 2. The Morgan fingerprint density at radius 3 is 2.41 bits per heavy atom. The summed E-state index contributed by atoms with van der Waals surface area (Å²) in [5.74, 6) is -0.573. The van der Waals surface area contributed by atoms with Crippen molar-refractivity contribution in [3.05, 3.63) is 85.5 Å². The smallest absolute Gasteiger partial charge is 0.337 e. The number of sulfonamides is 1. The summed E-state index contributed by atoms with van der Waals surface area (Å²) in [4.78, 5) is 40.9. The molecule has 1 saturated carbocycles. The molecule has 0 radical (unpaired) electrons. The number of pyridine rings is 1. The van der Waals surface area contributed by atoms with E-state index >= 15 is 0 Å². The van der Waals surface area contributed by atoms with Crippen LogP contribution in [-0.4, -0.2) is 60.6 Å². The van der Waals surface area contributed by atoms with Crippen LogP contribution in [0.25, 0.3) is 16.7 Å². The molecule has 2 aromatic carbocycles. The van der Waals surface area contributed by atoms with Crippen LogP contribution in [0.2, 0.25) is 0 Å². The number of fused-ring (bicyclic) bond motifs is 1. The van der Waals surface area contributed by atoms with Crippen molar-refractivity contribution >= 4 is 45.7 Å². The fourth-order valence-corrected chi connectivity index (χ4v) is 6.58. The molecule has 11 nitrogen and oxygen atoms in total. The van der Waals surface area contributed by atoms with E-state index in [1.807, 2.05) is 0 Å². The number of aromatic nitrogens is 3. The fourth-order valence-electron chi connectivity index (χ4n) is 5.14. The number of aryl methyl sites for hydroxylation is 1. The highest BCUT2D eigenvalue weighted by atomic mass is 32.2. The maximum absolute atomic E-state index is 14.8. The van der Waals surface area contributed by atoms with Gasteiger partial charge in [0.05, 0.1) is 35.2 Å². The predicted octanol–water partition coefficient (Wildman–Crippen LogP) is 0.348. The summed E-state index contributed by atoms with van der Waals surface area (Å²) in [5.41, 5.74) is -0.959. The van der Waals surface area contributed by atoms with Gasteiger partial charge in [-0.05, 0) is 43.2 Å². The van der Waals surface area contributed by atoms with Gasteiger partial charge in [0.2, 0.25) is 10.0 Å². The molecule has 41 heavy (non-hydrogen) atoms. The zero-order chi connectivity index (χ0) is 29.1. The fraction of sp³-hybridized carbons (Fsp3) is 0.296. The van der Waals surface area contributed by atoms with Gasteiger partial charge in [0.25, 0.3) is 11.1 Å². The van der Waals surface area contributed by atoms with Crippen molar-refractivity contribution in [2.75, 3.05) is 31.6 Å². The van der Waals surface area contributed by atoms with Crippen molar-refractivity contribution < 1.29 is 17.5 Å². The summed E-state index contributed by atoms with van der Waals surface area (Å²) < 4.78 is 51.7. The van der Waals surface area contributed by atoms with Gasteiger partial charge in [-0.25, -0.2) is 22.2 Å². The first-order chi connectivity index (χ1) is 19.6. The summed E-state index contributed by atoms with van der Waals surface area (Å²) >= 11 is 0. The van der Waals surface area contributed by atoms with Crippen molar-refractivity contribution in [1.82, 2.24) is 18.0 Å². The number of nitrogens with zero attached hydrogens (tertiary/aromatic N) is 4. The molecular formula is C27H27BFN5O6S. The largest absolute Gasteiger partial charge is 0.379 e. The number of rotatable bonds is 6. The molecule has 2 aliphatic rings. The van der Waals surface area contributed by atoms with Crippen molar-refractivity contribution in [3.8, 4) is 5.69 Å². The highest BCUT2D eigenvalue weighted by Gasteiger charge is 2.32. The molecule has 212 valence electrons. The van der Waals surface area contributed by atoms with E-state index in [2.05, 4.69) is 5.32 Å². The Morgan fingerprint density at radius 2 is 1.73 bits per heavy atom. The maximum Gasteiger partial charge on any atom is 0.337 e. The van der Waals surface area contributed by atoms with Crippen molar-refractivity contribution in [2.24, 2.45) is 7.05 Å². The lowest BCUT2D eigenvalue weighted by Crippen LogP contribution is -2.42. The van der Waals surface area contributed by atoms with E-state index in [9.17, 15) is 27.2 Å². The average Bonchev–Trinajstić information content (AvgIpc) is 3.78. The molecule has 1 aliphatic carbocycles. The second-order valence-electron chi connectivity index (χ2n) is 10.3. The van der Waals surface area contributed by atoms with Crippen LogP contribution in [0, 0.1) is 5.82 Å². The summed E-state index contributed by atoms with van der Waals surface area (Å²) in [6.07, 6.45) is 1.24. The van der Waals surface area contributed by atoms with E-state index in [1.54, 1.807) is 20.0 Å². The summed E-state index contributed by atoms with van der Waals surface area (Å²) in [5, 5.41) is 2.88. The van der Waals surface area contributed by atoms with Crippen LogP contribution in [0.1, 0.15) is 18.9 Å². The zero-order valence-electron chi connectivity index (χ0n) is 22.5. The maximum atomic E-state index is 14.8. The highest BCUT2D eigenvalue weighted by molar-refractivity contribution is 7.89. The summed E-state index contributed by atoms with van der Waals surface area (Å²) in [6.45, 7) is 0.936. The number of benzene rings is 2. The molecule has 0 spiro atoms. The number of hydrogen-bond acceptors (Lipinski definition) is 7. The van der Waals surface area contributed by atoms with Gasteiger partial charge in [0, 0.05) is 32.2 Å². The molecular weight excluding hydrogens is 552 g/mol. The molecule has 2 aromatic heterocycles. The molecule has 1 aliphatic heterocycles. The quantitative estimate of drug-likeness (QED) is 0.327. The summed E-state index contributed by atoms with van der Waals surface area (Å²) in [7, 11) is -0.750. The Kier molecular flexibility index (Phi) is 6.71. The Hall–Kier alpha value is -4.01. The van der Waals surface area contributed by atoms with Crippen LogP contribution < -0.4 is 27.6 Å². The van der Waals surface area contributed by atoms with Gasteiger partial charge < -0.3 is 10.1 Å². The first kappa shape index (κ1) is 27.2. The minimum atomic E-state index is -3.91. The van der Waals surface area contributed by atoms with Gasteiger partial charge in [-0.3, -0.25) is 18.7 Å². The Balaban J connectivity index is 1.63. The molecule has 0 amide bonds. The SMILES string of the molecule is Bc1ccc(Nc2cc(=O)n(C)c3c2c(=O)n(C2CC2)c(=O)n3-c2cccc(S(=O)(=O)N3CCOCC3)c2)c(F)c1. The minimum absolute atomic E-state index is 0.0000134. The third-order valence-corrected chi connectivity index (χ3v) is 9.34. The molecule has 6 rings (SSSR count). The molecule has 1 saturated heterocycles. The minimum Gasteiger partial charge on any atom is -0.379 e. The van der Waals surface area contributed by atoms with Crippen LogP contribution in [0.15, 0.2) is 67.8 Å². The van der Waals surface area contributed by atoms with E-state index in [0.717, 1.165) is 9.13 Å². The van der Waals surface area contributed by atoms with Gasteiger partial charge in [-0.15, -0.1) is 0 Å². The molecule has 3 heterocycles. The van der Waals surface area contributed by atoms with E-state index in [-0.39, 0.29) is 65.3 Å². The van der Waals surface area contributed by atoms with Crippen LogP contribution >= 0.6 is 0 Å². The topological polar surface area (TPSA) is 125 Å². The Bertz CT molecular complexity index is 1990. The van der Waals surface area contributed by atoms with Crippen molar-refractivity contribution in [1.29, 1.82) is 0 Å². The molecule has 14 heteroatoms. The van der Waals surface area contributed by atoms with Crippen LogP contribution in [0.5, 0.6) is 0 Å². The number of morpholine rings is 1. The van der Waals surface area contributed by atoms with Crippen LogP contribution in [0.3, 0.4) is 0 Å². The van der Waals surface area contributed by atoms with Gasteiger partial charge in [-0.2, -0.15) is 4.31 Å². The monoisotopic (exact) mass is 579 g/mol. The standard InChI is InChI=1S/C27H27BFN5O6S/c1-31-23(35)15-22(30-21-8-5-16(28)13-20(21)29)24-25(31)33(27(37)34(26(24)36)17-6-7-17)18-3-2-4-19(14-18)41(38,39)32-9-11-40-12-10-32/h2-5,8,13-15,17,30H,6-7,9-12,28H2,1H3. The van der Waals surface area contributed by atoms with Gasteiger partial charge in [0.15, 0.2) is 0 Å².